The first-order valence-corrected chi connectivity index (χ1v) is 7.27. The van der Waals surface area contributed by atoms with E-state index in [4.69, 9.17) is 11.6 Å². The van der Waals surface area contributed by atoms with Gasteiger partial charge in [-0.2, -0.15) is 0 Å². The average molecular weight is 340 g/mol. The van der Waals surface area contributed by atoms with Crippen molar-refractivity contribution in [3.63, 3.8) is 0 Å². The number of nitrogens with zero attached hydrogens (tertiary/aromatic N) is 2. The molecule has 1 heterocycles. The highest BCUT2D eigenvalue weighted by atomic mass is 79.9. The summed E-state index contributed by atoms with van der Waals surface area (Å²) in [6.07, 6.45) is 1.83. The van der Waals surface area contributed by atoms with Crippen molar-refractivity contribution >= 4 is 33.3 Å². The molecule has 0 bridgehead atoms. The number of hydrogen-bond donors (Lipinski definition) is 0. The first-order valence-electron chi connectivity index (χ1n) is 6.10. The maximum Gasteiger partial charge on any atom is 0.143 e. The second-order valence-electron chi connectivity index (χ2n) is 4.60. The van der Waals surface area contributed by atoms with Crippen LogP contribution in [-0.4, -0.2) is 12.0 Å². The quantitative estimate of drug-likeness (QED) is 0.782. The van der Waals surface area contributed by atoms with Crippen LogP contribution < -0.4 is 4.90 Å². The summed E-state index contributed by atoms with van der Waals surface area (Å²) in [5.74, 6) is 0.947. The lowest BCUT2D eigenvalue weighted by atomic mass is 10.1. The minimum Gasteiger partial charge on any atom is -0.352 e. The van der Waals surface area contributed by atoms with Crippen molar-refractivity contribution in [3.8, 4) is 0 Å². The van der Waals surface area contributed by atoms with Gasteiger partial charge in [-0.1, -0.05) is 23.7 Å². The lowest BCUT2D eigenvalue weighted by molar-refractivity contribution is 0.726. The SMILES string of the molecule is Cc1ccnc(N(C)C(C)c2ccc(Cl)cc2)c1Br. The molecule has 1 unspecified atom stereocenters. The highest BCUT2D eigenvalue weighted by molar-refractivity contribution is 9.10. The maximum atomic E-state index is 5.93. The largest absolute Gasteiger partial charge is 0.352 e. The van der Waals surface area contributed by atoms with Crippen molar-refractivity contribution in [1.82, 2.24) is 4.98 Å². The van der Waals surface area contributed by atoms with Gasteiger partial charge >= 0.3 is 0 Å². The molecule has 2 rings (SSSR count). The Bertz CT molecular complexity index is 569. The molecule has 0 spiro atoms. The summed E-state index contributed by atoms with van der Waals surface area (Å²) in [5.41, 5.74) is 2.39. The summed E-state index contributed by atoms with van der Waals surface area (Å²) in [7, 11) is 2.05. The Balaban J connectivity index is 2.30. The smallest absolute Gasteiger partial charge is 0.143 e. The summed E-state index contributed by atoms with van der Waals surface area (Å²) in [4.78, 5) is 6.61. The molecule has 4 heteroatoms. The van der Waals surface area contributed by atoms with Crippen molar-refractivity contribution < 1.29 is 0 Å². The zero-order valence-corrected chi connectivity index (χ0v) is 13.5. The van der Waals surface area contributed by atoms with Gasteiger partial charge in [0, 0.05) is 18.3 Å². The zero-order valence-electron chi connectivity index (χ0n) is 11.2. The third kappa shape index (κ3) is 3.10. The highest BCUT2D eigenvalue weighted by Gasteiger charge is 2.16. The normalized spacial score (nSPS) is 12.3. The second-order valence-corrected chi connectivity index (χ2v) is 5.83. The summed E-state index contributed by atoms with van der Waals surface area (Å²) < 4.78 is 1.04. The van der Waals surface area contributed by atoms with Gasteiger partial charge in [-0.05, 0) is 59.1 Å². The molecule has 2 aromatic rings. The third-order valence-electron chi connectivity index (χ3n) is 3.33. The van der Waals surface area contributed by atoms with Crippen molar-refractivity contribution in [2.24, 2.45) is 0 Å². The van der Waals surface area contributed by atoms with Crippen molar-refractivity contribution in [3.05, 3.63) is 57.2 Å². The molecule has 0 radical (unpaired) electrons. The Morgan fingerprint density at radius 3 is 2.47 bits per heavy atom. The van der Waals surface area contributed by atoms with Crippen LogP contribution in [0.5, 0.6) is 0 Å². The van der Waals surface area contributed by atoms with Gasteiger partial charge in [-0.15, -0.1) is 0 Å². The lowest BCUT2D eigenvalue weighted by Gasteiger charge is -2.27. The zero-order chi connectivity index (χ0) is 14.0. The topological polar surface area (TPSA) is 16.1 Å². The molecule has 0 fully saturated rings. The molecule has 0 saturated carbocycles. The van der Waals surface area contributed by atoms with E-state index >= 15 is 0 Å². The predicted octanol–water partition coefficient (Wildman–Crippen LogP) is 5.00. The molecule has 0 aliphatic rings. The van der Waals surface area contributed by atoms with E-state index in [2.05, 4.69) is 39.7 Å². The first kappa shape index (κ1) is 14.4. The summed E-state index contributed by atoms with van der Waals surface area (Å²) in [6, 6.07) is 10.2. The minimum absolute atomic E-state index is 0.225. The number of benzene rings is 1. The Hall–Kier alpha value is -1.06. The summed E-state index contributed by atoms with van der Waals surface area (Å²) in [6.45, 7) is 4.22. The van der Waals surface area contributed by atoms with Gasteiger partial charge in [0.05, 0.1) is 10.5 Å². The Kier molecular flexibility index (Phi) is 4.48. The van der Waals surface area contributed by atoms with Crippen LogP contribution in [0.15, 0.2) is 41.0 Å². The van der Waals surface area contributed by atoms with Crippen molar-refractivity contribution in [1.29, 1.82) is 0 Å². The molecule has 0 aliphatic carbocycles. The molecule has 0 saturated heterocycles. The molecule has 100 valence electrons. The Labute approximate surface area is 127 Å². The molecular weight excluding hydrogens is 324 g/mol. The van der Waals surface area contributed by atoms with Gasteiger partial charge in [0.1, 0.15) is 5.82 Å². The van der Waals surface area contributed by atoms with Crippen molar-refractivity contribution in [2.75, 3.05) is 11.9 Å². The molecule has 0 N–H and O–H groups in total. The van der Waals surface area contributed by atoms with Gasteiger partial charge in [0.15, 0.2) is 0 Å². The molecule has 1 aromatic carbocycles. The first-order chi connectivity index (χ1) is 9.00. The number of pyridine rings is 1. The van der Waals surface area contributed by atoms with Gasteiger partial charge in [-0.3, -0.25) is 0 Å². The van der Waals surface area contributed by atoms with Crippen LogP contribution in [0, 0.1) is 6.92 Å². The average Bonchev–Trinajstić information content (AvgIpc) is 2.41. The summed E-state index contributed by atoms with van der Waals surface area (Å²) >= 11 is 9.53. The third-order valence-corrected chi connectivity index (χ3v) is 4.56. The van der Waals surface area contributed by atoms with Gasteiger partial charge in [0.25, 0.3) is 0 Å². The van der Waals surface area contributed by atoms with Crippen LogP contribution >= 0.6 is 27.5 Å². The van der Waals surface area contributed by atoms with Gasteiger partial charge in [-0.25, -0.2) is 4.98 Å². The molecule has 0 amide bonds. The van der Waals surface area contributed by atoms with E-state index in [1.54, 1.807) is 0 Å². The molecule has 0 aliphatic heterocycles. The predicted molar refractivity (Wildman–Crippen MR) is 84.9 cm³/mol. The van der Waals surface area contributed by atoms with E-state index in [1.165, 1.54) is 11.1 Å². The molecular formula is C15H16BrClN2. The maximum absolute atomic E-state index is 5.93. The lowest BCUT2D eigenvalue weighted by Crippen LogP contribution is -2.23. The van der Waals surface area contributed by atoms with Crippen LogP contribution in [0.25, 0.3) is 0 Å². The molecule has 1 atom stereocenters. The van der Waals surface area contributed by atoms with E-state index in [0.29, 0.717) is 0 Å². The molecule has 19 heavy (non-hydrogen) atoms. The summed E-state index contributed by atoms with van der Waals surface area (Å²) in [5, 5.41) is 0.758. The van der Waals surface area contributed by atoms with E-state index in [9.17, 15) is 0 Å². The number of halogens is 2. The monoisotopic (exact) mass is 338 g/mol. The van der Waals surface area contributed by atoms with Crippen molar-refractivity contribution in [2.45, 2.75) is 19.9 Å². The number of anilines is 1. The van der Waals surface area contributed by atoms with Gasteiger partial charge in [0.2, 0.25) is 0 Å². The highest BCUT2D eigenvalue weighted by Crippen LogP contribution is 2.31. The van der Waals surface area contributed by atoms with Gasteiger partial charge < -0.3 is 4.90 Å². The van der Waals surface area contributed by atoms with E-state index < -0.39 is 0 Å². The van der Waals surface area contributed by atoms with E-state index in [0.717, 1.165) is 15.3 Å². The Morgan fingerprint density at radius 2 is 1.84 bits per heavy atom. The number of aryl methyl sites for hydroxylation is 1. The van der Waals surface area contributed by atoms with Crippen LogP contribution in [-0.2, 0) is 0 Å². The fourth-order valence-electron chi connectivity index (χ4n) is 1.92. The fraction of sp³-hybridized carbons (Fsp3) is 0.267. The number of rotatable bonds is 3. The number of hydrogen-bond acceptors (Lipinski definition) is 2. The molecule has 2 nitrogen and oxygen atoms in total. The standard InChI is InChI=1S/C15H16BrClN2/c1-10-8-9-18-15(14(10)16)19(3)11(2)12-4-6-13(17)7-5-12/h4-9,11H,1-3H3. The minimum atomic E-state index is 0.225. The van der Waals surface area contributed by atoms with E-state index in [1.807, 2.05) is 43.6 Å². The van der Waals surface area contributed by atoms with Crippen LogP contribution in [0.1, 0.15) is 24.1 Å². The molecule has 1 aromatic heterocycles. The van der Waals surface area contributed by atoms with Crippen LogP contribution in [0.3, 0.4) is 0 Å². The fourth-order valence-corrected chi connectivity index (χ4v) is 2.56. The Morgan fingerprint density at radius 1 is 1.21 bits per heavy atom. The number of aromatic nitrogens is 1. The van der Waals surface area contributed by atoms with Crippen LogP contribution in [0.2, 0.25) is 5.02 Å². The second kappa shape index (κ2) is 5.93. The van der Waals surface area contributed by atoms with Crippen LogP contribution in [0.4, 0.5) is 5.82 Å². The van der Waals surface area contributed by atoms with E-state index in [-0.39, 0.29) is 6.04 Å².